The van der Waals surface area contributed by atoms with Gasteiger partial charge in [-0.1, -0.05) is 13.0 Å². The first-order chi connectivity index (χ1) is 8.84. The normalized spacial score (nSPS) is 17.4. The monoisotopic (exact) mass is 268 g/mol. The van der Waals surface area contributed by atoms with Crippen LogP contribution in [0.25, 0.3) is 0 Å². The molecule has 1 aliphatic carbocycles. The van der Waals surface area contributed by atoms with E-state index in [4.69, 9.17) is 4.74 Å². The topological polar surface area (TPSA) is 69.7 Å². The van der Waals surface area contributed by atoms with E-state index in [1.54, 1.807) is 0 Å². The molecular weight excluding hydrogens is 248 g/mol. The zero-order valence-electron chi connectivity index (χ0n) is 11.5. The van der Waals surface area contributed by atoms with Crippen LogP contribution in [0, 0.1) is 0 Å². The summed E-state index contributed by atoms with van der Waals surface area (Å²) in [5.41, 5.74) is -0.385. The van der Waals surface area contributed by atoms with E-state index in [0.717, 1.165) is 32.1 Å². The van der Waals surface area contributed by atoms with Crippen molar-refractivity contribution in [3.05, 3.63) is 12.2 Å². The second-order valence-electron chi connectivity index (χ2n) is 5.18. The van der Waals surface area contributed by atoms with Crippen molar-refractivity contribution < 1.29 is 23.9 Å². The number of carbonyl (C=O) groups excluding carboxylic acids is 3. The minimum Gasteiger partial charge on any atom is -0.454 e. The van der Waals surface area contributed by atoms with Crippen molar-refractivity contribution >= 4 is 17.7 Å². The van der Waals surface area contributed by atoms with Gasteiger partial charge in [-0.15, -0.1) is 0 Å². The maximum atomic E-state index is 11.6. The fraction of sp³-hybridized carbons (Fsp3) is 0.643. The molecule has 5 nitrogen and oxygen atoms in total. The summed E-state index contributed by atoms with van der Waals surface area (Å²) in [5, 5.41) is 0. The SMILES string of the molecule is C=C(C)C(=O)OCC(=O)C(=O)OC1(C)CCCCC1. The highest BCUT2D eigenvalue weighted by Gasteiger charge is 2.33. The van der Waals surface area contributed by atoms with Gasteiger partial charge in [-0.25, -0.2) is 9.59 Å². The van der Waals surface area contributed by atoms with Gasteiger partial charge in [-0.2, -0.15) is 0 Å². The van der Waals surface area contributed by atoms with Crippen LogP contribution in [0.3, 0.4) is 0 Å². The first-order valence-corrected chi connectivity index (χ1v) is 6.43. The first-order valence-electron chi connectivity index (χ1n) is 6.43. The molecule has 0 heterocycles. The van der Waals surface area contributed by atoms with Gasteiger partial charge >= 0.3 is 11.9 Å². The van der Waals surface area contributed by atoms with E-state index in [-0.39, 0.29) is 5.57 Å². The van der Waals surface area contributed by atoms with Gasteiger partial charge in [0.05, 0.1) is 0 Å². The molecule has 0 saturated heterocycles. The molecule has 1 rings (SSSR count). The highest BCUT2D eigenvalue weighted by molar-refractivity contribution is 6.34. The fourth-order valence-electron chi connectivity index (χ4n) is 2.00. The fourth-order valence-corrected chi connectivity index (χ4v) is 2.00. The minimum atomic E-state index is -0.932. The van der Waals surface area contributed by atoms with Crippen LogP contribution in [0.5, 0.6) is 0 Å². The number of Topliss-reactive ketones (excluding diaryl/α,β-unsaturated/α-hetero) is 1. The van der Waals surface area contributed by atoms with Gasteiger partial charge in [0.15, 0.2) is 6.61 Å². The Morgan fingerprint density at radius 3 is 2.21 bits per heavy atom. The third-order valence-electron chi connectivity index (χ3n) is 3.16. The molecule has 1 saturated carbocycles. The molecule has 1 fully saturated rings. The van der Waals surface area contributed by atoms with Crippen molar-refractivity contribution in [2.45, 2.75) is 51.6 Å². The smallest absolute Gasteiger partial charge is 0.378 e. The molecule has 0 amide bonds. The lowest BCUT2D eigenvalue weighted by Gasteiger charge is -2.32. The summed E-state index contributed by atoms with van der Waals surface area (Å²) in [6.45, 7) is 6.08. The zero-order chi connectivity index (χ0) is 14.5. The molecule has 1 aliphatic rings. The van der Waals surface area contributed by atoms with Crippen LogP contribution >= 0.6 is 0 Å². The van der Waals surface area contributed by atoms with Gasteiger partial charge in [0.1, 0.15) is 5.60 Å². The van der Waals surface area contributed by atoms with Crippen molar-refractivity contribution in [3.8, 4) is 0 Å². The Bertz CT molecular complexity index is 391. The number of ether oxygens (including phenoxy) is 2. The molecule has 0 spiro atoms. The maximum absolute atomic E-state index is 11.6. The summed E-state index contributed by atoms with van der Waals surface area (Å²) >= 11 is 0. The van der Waals surface area contributed by atoms with Crippen LogP contribution in [0.15, 0.2) is 12.2 Å². The van der Waals surface area contributed by atoms with E-state index < -0.39 is 29.9 Å². The van der Waals surface area contributed by atoms with Gasteiger partial charge in [0.2, 0.25) is 0 Å². The lowest BCUT2D eigenvalue weighted by molar-refractivity contribution is -0.169. The number of hydrogen-bond donors (Lipinski definition) is 0. The zero-order valence-corrected chi connectivity index (χ0v) is 11.5. The quantitative estimate of drug-likeness (QED) is 0.433. The Balaban J connectivity index is 2.42. The summed E-state index contributed by atoms with van der Waals surface area (Å²) in [6, 6.07) is 0. The van der Waals surface area contributed by atoms with Gasteiger partial charge in [0, 0.05) is 5.57 Å². The number of esters is 2. The molecule has 19 heavy (non-hydrogen) atoms. The Labute approximate surface area is 112 Å². The number of ketones is 1. The summed E-state index contributed by atoms with van der Waals surface area (Å²) in [5.74, 6) is -2.47. The van der Waals surface area contributed by atoms with Gasteiger partial charge < -0.3 is 9.47 Å². The second kappa shape index (κ2) is 6.50. The molecule has 106 valence electrons. The van der Waals surface area contributed by atoms with E-state index in [0.29, 0.717) is 0 Å². The molecule has 0 atom stereocenters. The molecule has 0 aromatic carbocycles. The lowest BCUT2D eigenvalue weighted by Crippen LogP contribution is -2.37. The largest absolute Gasteiger partial charge is 0.454 e. The Morgan fingerprint density at radius 1 is 1.11 bits per heavy atom. The average Bonchev–Trinajstić information content (AvgIpc) is 2.35. The lowest BCUT2D eigenvalue weighted by atomic mass is 9.86. The number of rotatable bonds is 5. The van der Waals surface area contributed by atoms with Crippen molar-refractivity contribution in [1.29, 1.82) is 0 Å². The van der Waals surface area contributed by atoms with E-state index in [1.807, 2.05) is 6.92 Å². The minimum absolute atomic E-state index is 0.181. The predicted octanol–water partition coefficient (Wildman–Crippen LogP) is 1.94. The Kier molecular flexibility index (Phi) is 5.27. The van der Waals surface area contributed by atoms with Crippen molar-refractivity contribution in [3.63, 3.8) is 0 Å². The number of carbonyl (C=O) groups is 3. The molecule has 0 aromatic heterocycles. The van der Waals surface area contributed by atoms with Crippen molar-refractivity contribution in [2.75, 3.05) is 6.61 Å². The predicted molar refractivity (Wildman–Crippen MR) is 68.4 cm³/mol. The van der Waals surface area contributed by atoms with Crippen molar-refractivity contribution in [1.82, 2.24) is 0 Å². The van der Waals surface area contributed by atoms with Crippen LogP contribution in [-0.2, 0) is 23.9 Å². The Morgan fingerprint density at radius 2 is 1.68 bits per heavy atom. The summed E-state index contributed by atoms with van der Waals surface area (Å²) in [4.78, 5) is 34.2. The molecular formula is C14H20O5. The molecule has 0 radical (unpaired) electrons. The van der Waals surface area contributed by atoms with E-state index in [9.17, 15) is 14.4 Å². The molecule has 0 bridgehead atoms. The van der Waals surface area contributed by atoms with Crippen molar-refractivity contribution in [2.24, 2.45) is 0 Å². The van der Waals surface area contributed by atoms with Crippen LogP contribution in [0.2, 0.25) is 0 Å². The summed E-state index contributed by atoms with van der Waals surface area (Å²) < 4.78 is 9.85. The standard InChI is InChI=1S/C14H20O5/c1-10(2)12(16)18-9-11(15)13(17)19-14(3)7-5-4-6-8-14/h1,4-9H2,2-3H3. The average molecular weight is 268 g/mol. The summed E-state index contributed by atoms with van der Waals surface area (Å²) in [7, 11) is 0. The maximum Gasteiger partial charge on any atom is 0.378 e. The van der Waals surface area contributed by atoms with Crippen LogP contribution < -0.4 is 0 Å². The molecule has 0 aliphatic heterocycles. The van der Waals surface area contributed by atoms with Crippen LogP contribution in [0.4, 0.5) is 0 Å². The molecule has 0 N–H and O–H groups in total. The molecule has 0 unspecified atom stereocenters. The van der Waals surface area contributed by atoms with Crippen LogP contribution in [0.1, 0.15) is 46.0 Å². The second-order valence-corrected chi connectivity index (χ2v) is 5.18. The van der Waals surface area contributed by atoms with E-state index in [2.05, 4.69) is 11.3 Å². The third kappa shape index (κ3) is 4.85. The summed E-state index contributed by atoms with van der Waals surface area (Å²) in [6.07, 6.45) is 4.62. The molecule has 0 aromatic rings. The van der Waals surface area contributed by atoms with E-state index >= 15 is 0 Å². The molecule has 5 heteroatoms. The van der Waals surface area contributed by atoms with Gasteiger partial charge in [-0.3, -0.25) is 4.79 Å². The van der Waals surface area contributed by atoms with E-state index in [1.165, 1.54) is 6.92 Å². The highest BCUT2D eigenvalue weighted by Crippen LogP contribution is 2.31. The Hall–Kier alpha value is -1.65. The van der Waals surface area contributed by atoms with Crippen LogP contribution in [-0.4, -0.2) is 29.9 Å². The number of hydrogen-bond acceptors (Lipinski definition) is 5. The van der Waals surface area contributed by atoms with Gasteiger partial charge in [-0.05, 0) is 39.5 Å². The highest BCUT2D eigenvalue weighted by atomic mass is 16.6. The first kappa shape index (κ1) is 15.4. The third-order valence-corrected chi connectivity index (χ3v) is 3.16. The van der Waals surface area contributed by atoms with Gasteiger partial charge in [0.25, 0.3) is 5.78 Å².